The largest absolute Gasteiger partial charge is 1.00 e. The molecule has 0 amide bonds. The number of rotatable bonds is 3. The van der Waals surface area contributed by atoms with Crippen LogP contribution < -0.4 is 21.5 Å². The molecule has 0 saturated heterocycles. The number of Topliss-reactive ketones (excluding diaryl/α,β-unsaturated/α-hetero) is 1. The summed E-state index contributed by atoms with van der Waals surface area (Å²) in [7, 11) is 0. The van der Waals surface area contributed by atoms with Crippen LogP contribution in [-0.4, -0.2) is 5.78 Å². The first-order valence-corrected chi connectivity index (χ1v) is 8.17. The van der Waals surface area contributed by atoms with Crippen LogP contribution in [-0.2, 0) is 11.3 Å². The molecule has 4 fully saturated rings. The van der Waals surface area contributed by atoms with Crippen molar-refractivity contribution >= 4 is 5.78 Å². The lowest BCUT2D eigenvalue weighted by Crippen LogP contribution is -3.00. The van der Waals surface area contributed by atoms with Gasteiger partial charge in [0.15, 0.2) is 12.4 Å². The van der Waals surface area contributed by atoms with Crippen molar-refractivity contribution in [2.45, 2.75) is 45.6 Å². The summed E-state index contributed by atoms with van der Waals surface area (Å²) in [5.74, 6) is 4.19. The van der Waals surface area contributed by atoms with E-state index in [4.69, 9.17) is 0 Å². The molecule has 0 atom stereocenters. The highest BCUT2D eigenvalue weighted by Gasteiger charge is 2.51. The Labute approximate surface area is 137 Å². The van der Waals surface area contributed by atoms with E-state index in [0.717, 1.165) is 11.8 Å². The number of hydrogen-bond acceptors (Lipinski definition) is 1. The maximum Gasteiger partial charge on any atom is 0.206 e. The molecule has 1 aromatic rings. The number of halogens is 1. The topological polar surface area (TPSA) is 20.9 Å². The van der Waals surface area contributed by atoms with E-state index >= 15 is 0 Å². The first-order valence-electron chi connectivity index (χ1n) is 8.17. The highest BCUT2D eigenvalue weighted by molar-refractivity contribution is 5.80. The van der Waals surface area contributed by atoms with Crippen LogP contribution in [0.1, 0.15) is 37.7 Å². The summed E-state index contributed by atoms with van der Waals surface area (Å²) < 4.78 is 2.07. The second-order valence-corrected chi connectivity index (χ2v) is 7.48. The van der Waals surface area contributed by atoms with Crippen molar-refractivity contribution in [3.63, 3.8) is 0 Å². The Balaban J connectivity index is 0.00000132. The molecule has 0 aliphatic heterocycles. The number of nitrogens with zero attached hydrogens (tertiary/aromatic N) is 1. The predicted molar refractivity (Wildman–Crippen MR) is 76.9 cm³/mol. The third-order valence-corrected chi connectivity index (χ3v) is 5.94. The van der Waals surface area contributed by atoms with Crippen LogP contribution in [0.2, 0.25) is 0 Å². The van der Waals surface area contributed by atoms with Gasteiger partial charge < -0.3 is 17.0 Å². The highest BCUT2D eigenvalue weighted by atomic mass is 79.9. The van der Waals surface area contributed by atoms with Gasteiger partial charge in [0, 0.05) is 17.5 Å². The van der Waals surface area contributed by atoms with E-state index in [1.54, 1.807) is 0 Å². The first kappa shape index (κ1) is 15.2. The zero-order valence-electron chi connectivity index (χ0n) is 12.7. The van der Waals surface area contributed by atoms with Crippen LogP contribution in [0.4, 0.5) is 0 Å². The van der Waals surface area contributed by atoms with Gasteiger partial charge in [-0.05, 0) is 68.8 Å². The Morgan fingerprint density at radius 1 is 1.14 bits per heavy atom. The van der Waals surface area contributed by atoms with Gasteiger partial charge in [-0.3, -0.25) is 4.79 Å². The summed E-state index contributed by atoms with van der Waals surface area (Å²) in [6, 6.07) is 4.13. The van der Waals surface area contributed by atoms with Gasteiger partial charge >= 0.3 is 0 Å². The molecule has 3 heteroatoms. The molecule has 0 N–H and O–H groups in total. The average molecular weight is 350 g/mol. The monoisotopic (exact) mass is 349 g/mol. The summed E-state index contributed by atoms with van der Waals surface area (Å²) in [6.45, 7) is 2.67. The van der Waals surface area contributed by atoms with Crippen molar-refractivity contribution in [1.29, 1.82) is 0 Å². The molecule has 1 heterocycles. The number of carbonyl (C=O) groups excluding carboxylic acids is 1. The number of ketones is 1. The molecule has 5 rings (SSSR count). The standard InChI is InChI=1S/C18H24NO.BrH/c1-12-3-2-4-19(10-12)11-17(20)18-15-6-13-5-14(8-15)9-16(18)7-13;/h2-4,10,13-16,18H,5-9,11H2,1H3;1H/q+1;/p-1. The Hall–Kier alpha value is -0.700. The highest BCUT2D eigenvalue weighted by Crippen LogP contribution is 2.56. The van der Waals surface area contributed by atoms with E-state index in [9.17, 15) is 4.79 Å². The molecule has 21 heavy (non-hydrogen) atoms. The smallest absolute Gasteiger partial charge is 0.206 e. The lowest BCUT2D eigenvalue weighted by atomic mass is 9.51. The van der Waals surface area contributed by atoms with E-state index in [2.05, 4.69) is 23.8 Å². The first-order chi connectivity index (χ1) is 9.69. The van der Waals surface area contributed by atoms with Crippen molar-refractivity contribution in [1.82, 2.24) is 0 Å². The minimum Gasteiger partial charge on any atom is -1.00 e. The second-order valence-electron chi connectivity index (χ2n) is 7.48. The Morgan fingerprint density at radius 2 is 1.76 bits per heavy atom. The number of aromatic nitrogens is 1. The number of pyridine rings is 1. The molecular weight excluding hydrogens is 326 g/mol. The molecule has 4 saturated carbocycles. The molecule has 1 aromatic heterocycles. The molecule has 4 aliphatic rings. The zero-order valence-corrected chi connectivity index (χ0v) is 14.3. The van der Waals surface area contributed by atoms with Crippen LogP contribution in [0.25, 0.3) is 0 Å². The average Bonchev–Trinajstić information content (AvgIpc) is 2.37. The molecule has 4 bridgehead atoms. The van der Waals surface area contributed by atoms with E-state index in [1.807, 2.05) is 12.3 Å². The van der Waals surface area contributed by atoms with Crippen LogP contribution in [0.15, 0.2) is 24.5 Å². The fourth-order valence-electron chi connectivity index (χ4n) is 5.49. The molecule has 0 unspecified atom stereocenters. The van der Waals surface area contributed by atoms with Gasteiger partial charge in [-0.25, -0.2) is 0 Å². The summed E-state index contributed by atoms with van der Waals surface area (Å²) in [5.41, 5.74) is 1.23. The summed E-state index contributed by atoms with van der Waals surface area (Å²) in [4.78, 5) is 12.8. The van der Waals surface area contributed by atoms with Crippen LogP contribution in [0, 0.1) is 36.5 Å². The Kier molecular flexibility index (Phi) is 4.22. The van der Waals surface area contributed by atoms with Gasteiger partial charge in [-0.1, -0.05) is 0 Å². The fourth-order valence-corrected chi connectivity index (χ4v) is 5.49. The van der Waals surface area contributed by atoms with E-state index in [-0.39, 0.29) is 17.0 Å². The van der Waals surface area contributed by atoms with Crippen molar-refractivity contribution in [3.05, 3.63) is 30.1 Å². The maximum absolute atomic E-state index is 12.8. The summed E-state index contributed by atoms with van der Waals surface area (Å²) in [6.07, 6.45) is 10.9. The minimum atomic E-state index is 0. The van der Waals surface area contributed by atoms with Crippen LogP contribution >= 0.6 is 0 Å². The zero-order chi connectivity index (χ0) is 13.7. The number of aryl methyl sites for hydroxylation is 1. The van der Waals surface area contributed by atoms with E-state index in [1.165, 1.54) is 37.7 Å². The quantitative estimate of drug-likeness (QED) is 0.699. The van der Waals surface area contributed by atoms with Gasteiger partial charge in [-0.2, -0.15) is 4.57 Å². The van der Waals surface area contributed by atoms with Crippen LogP contribution in [0.5, 0.6) is 0 Å². The van der Waals surface area contributed by atoms with Crippen molar-refractivity contribution in [2.24, 2.45) is 29.6 Å². The fraction of sp³-hybridized carbons (Fsp3) is 0.667. The van der Waals surface area contributed by atoms with E-state index in [0.29, 0.717) is 30.1 Å². The minimum absolute atomic E-state index is 0. The summed E-state index contributed by atoms with van der Waals surface area (Å²) >= 11 is 0. The number of hydrogen-bond donors (Lipinski definition) is 0. The molecule has 0 aromatic carbocycles. The third-order valence-electron chi connectivity index (χ3n) is 5.94. The second kappa shape index (κ2) is 5.83. The number of carbonyl (C=O) groups is 1. The molecule has 114 valence electrons. The predicted octanol–water partition coefficient (Wildman–Crippen LogP) is -0.0721. The SMILES string of the molecule is Cc1ccc[n+](CC(=O)C2C3CC4CC(C3)CC2C4)c1.[Br-]. The van der Waals surface area contributed by atoms with Crippen molar-refractivity contribution < 1.29 is 26.3 Å². The van der Waals surface area contributed by atoms with Gasteiger partial charge in [0.2, 0.25) is 12.3 Å². The lowest BCUT2D eigenvalue weighted by molar-refractivity contribution is -0.685. The maximum atomic E-state index is 12.8. The van der Waals surface area contributed by atoms with Gasteiger partial charge in [0.05, 0.1) is 0 Å². The van der Waals surface area contributed by atoms with Crippen molar-refractivity contribution in [3.8, 4) is 0 Å². The molecule has 0 radical (unpaired) electrons. The van der Waals surface area contributed by atoms with E-state index < -0.39 is 0 Å². The van der Waals surface area contributed by atoms with Crippen LogP contribution in [0.3, 0.4) is 0 Å². The molecular formula is C18H24BrNO. The summed E-state index contributed by atoms with van der Waals surface area (Å²) in [5, 5.41) is 0. The lowest BCUT2D eigenvalue weighted by Gasteiger charge is -2.53. The van der Waals surface area contributed by atoms with Gasteiger partial charge in [0.1, 0.15) is 0 Å². The van der Waals surface area contributed by atoms with Crippen molar-refractivity contribution in [2.75, 3.05) is 0 Å². The normalized spacial score (nSPS) is 36.3. The molecule has 4 aliphatic carbocycles. The Morgan fingerprint density at radius 3 is 2.33 bits per heavy atom. The third kappa shape index (κ3) is 2.81. The molecule has 0 spiro atoms. The molecule has 2 nitrogen and oxygen atoms in total. The Bertz CT molecular complexity index is 514. The van der Waals surface area contributed by atoms with Gasteiger partial charge in [0.25, 0.3) is 0 Å². The van der Waals surface area contributed by atoms with Gasteiger partial charge in [-0.15, -0.1) is 0 Å².